The summed E-state index contributed by atoms with van der Waals surface area (Å²) in [5.41, 5.74) is 7.88. The van der Waals surface area contributed by atoms with Crippen LogP contribution in [0.15, 0.2) is 72.8 Å². The van der Waals surface area contributed by atoms with E-state index in [2.05, 4.69) is 110 Å². The summed E-state index contributed by atoms with van der Waals surface area (Å²) in [6.07, 6.45) is 0. The van der Waals surface area contributed by atoms with Crippen LogP contribution in [0.1, 0.15) is 31.9 Å². The summed E-state index contributed by atoms with van der Waals surface area (Å²) in [5, 5.41) is 0. The SMILES string of the molecule is Cc1ccccc1N1CN(c2ccc(C(C)(C)C)cc2)c2ccccc21. The Kier molecular flexibility index (Phi) is 3.99. The van der Waals surface area contributed by atoms with Crippen LogP contribution in [0.25, 0.3) is 0 Å². The smallest absolute Gasteiger partial charge is 0.100 e. The van der Waals surface area contributed by atoms with E-state index in [9.17, 15) is 0 Å². The fourth-order valence-corrected chi connectivity index (χ4v) is 3.65. The number of fused-ring (bicyclic) bond motifs is 1. The van der Waals surface area contributed by atoms with Crippen LogP contribution in [0.3, 0.4) is 0 Å². The Morgan fingerprint density at radius 3 is 1.77 bits per heavy atom. The minimum atomic E-state index is 0.175. The first kappa shape index (κ1) is 16.7. The molecule has 0 spiro atoms. The maximum Gasteiger partial charge on any atom is 0.100 e. The lowest BCUT2D eigenvalue weighted by Gasteiger charge is -2.24. The molecule has 0 fully saturated rings. The van der Waals surface area contributed by atoms with E-state index in [0.717, 1.165) is 6.67 Å². The number of nitrogens with zero attached hydrogens (tertiary/aromatic N) is 2. The van der Waals surface area contributed by atoms with Crippen LogP contribution in [-0.4, -0.2) is 6.67 Å². The largest absolute Gasteiger partial charge is 0.321 e. The molecule has 3 aromatic rings. The van der Waals surface area contributed by atoms with Gasteiger partial charge in [-0.05, 0) is 53.8 Å². The van der Waals surface area contributed by atoms with Crippen molar-refractivity contribution in [1.82, 2.24) is 0 Å². The Labute approximate surface area is 156 Å². The van der Waals surface area contributed by atoms with Gasteiger partial charge in [0.15, 0.2) is 0 Å². The second kappa shape index (κ2) is 6.21. The molecule has 0 amide bonds. The molecule has 0 aliphatic carbocycles. The van der Waals surface area contributed by atoms with Gasteiger partial charge in [0.2, 0.25) is 0 Å². The maximum absolute atomic E-state index is 2.41. The van der Waals surface area contributed by atoms with Crippen molar-refractivity contribution in [2.24, 2.45) is 0 Å². The summed E-state index contributed by atoms with van der Waals surface area (Å²) in [4.78, 5) is 4.80. The van der Waals surface area contributed by atoms with Crippen LogP contribution >= 0.6 is 0 Å². The highest BCUT2D eigenvalue weighted by Gasteiger charge is 2.28. The number of aryl methyl sites for hydroxylation is 1. The lowest BCUT2D eigenvalue weighted by Crippen LogP contribution is -2.24. The van der Waals surface area contributed by atoms with Crippen LogP contribution < -0.4 is 9.80 Å². The van der Waals surface area contributed by atoms with E-state index in [1.807, 2.05) is 0 Å². The van der Waals surface area contributed by atoms with Crippen molar-refractivity contribution in [2.75, 3.05) is 16.5 Å². The molecule has 0 saturated carbocycles. The Hall–Kier alpha value is -2.74. The number of benzene rings is 3. The topological polar surface area (TPSA) is 6.48 Å². The summed E-state index contributed by atoms with van der Waals surface area (Å²) in [6.45, 7) is 9.78. The Morgan fingerprint density at radius 1 is 0.654 bits per heavy atom. The molecular weight excluding hydrogens is 316 g/mol. The van der Waals surface area contributed by atoms with E-state index in [0.29, 0.717) is 0 Å². The molecule has 0 aromatic heterocycles. The van der Waals surface area contributed by atoms with Gasteiger partial charge in [0.1, 0.15) is 6.67 Å². The lowest BCUT2D eigenvalue weighted by atomic mass is 9.87. The van der Waals surface area contributed by atoms with Gasteiger partial charge < -0.3 is 9.80 Å². The summed E-state index contributed by atoms with van der Waals surface area (Å²) in [5.74, 6) is 0. The van der Waals surface area contributed by atoms with E-state index < -0.39 is 0 Å². The molecule has 3 aromatic carbocycles. The zero-order valence-electron chi connectivity index (χ0n) is 16.0. The monoisotopic (exact) mass is 342 g/mol. The molecule has 2 heteroatoms. The predicted molar refractivity (Wildman–Crippen MR) is 112 cm³/mol. The minimum Gasteiger partial charge on any atom is -0.321 e. The highest BCUT2D eigenvalue weighted by atomic mass is 15.4. The fraction of sp³-hybridized carbons (Fsp3) is 0.250. The van der Waals surface area contributed by atoms with E-state index in [1.165, 1.54) is 33.9 Å². The van der Waals surface area contributed by atoms with E-state index in [1.54, 1.807) is 0 Å². The molecule has 0 saturated heterocycles. The molecule has 1 aliphatic rings. The average Bonchev–Trinajstić information content (AvgIpc) is 3.01. The van der Waals surface area contributed by atoms with Gasteiger partial charge >= 0.3 is 0 Å². The number of hydrogen-bond acceptors (Lipinski definition) is 2. The van der Waals surface area contributed by atoms with Gasteiger partial charge in [0, 0.05) is 11.4 Å². The molecule has 0 N–H and O–H groups in total. The Balaban J connectivity index is 1.74. The van der Waals surface area contributed by atoms with Gasteiger partial charge in [-0.1, -0.05) is 63.2 Å². The molecule has 0 radical (unpaired) electrons. The molecule has 0 unspecified atom stereocenters. The first-order valence-corrected chi connectivity index (χ1v) is 9.25. The predicted octanol–water partition coefficient (Wildman–Crippen LogP) is 6.54. The van der Waals surface area contributed by atoms with Crippen molar-refractivity contribution in [3.05, 3.63) is 83.9 Å². The lowest BCUT2D eigenvalue weighted by molar-refractivity contribution is 0.590. The van der Waals surface area contributed by atoms with E-state index in [4.69, 9.17) is 0 Å². The third-order valence-corrected chi connectivity index (χ3v) is 5.20. The number of hydrogen-bond donors (Lipinski definition) is 0. The van der Waals surface area contributed by atoms with Crippen LogP contribution in [0.2, 0.25) is 0 Å². The average molecular weight is 342 g/mol. The van der Waals surface area contributed by atoms with Gasteiger partial charge in [-0.15, -0.1) is 0 Å². The Bertz CT molecular complexity index is 919. The molecule has 0 atom stereocenters. The van der Waals surface area contributed by atoms with E-state index in [-0.39, 0.29) is 5.41 Å². The third kappa shape index (κ3) is 2.86. The summed E-state index contributed by atoms with van der Waals surface area (Å²) in [6, 6.07) is 26.3. The molecule has 1 aliphatic heterocycles. The molecular formula is C24H26N2. The number of anilines is 4. The van der Waals surface area contributed by atoms with Gasteiger partial charge in [-0.25, -0.2) is 0 Å². The minimum absolute atomic E-state index is 0.175. The normalized spacial score (nSPS) is 13.8. The van der Waals surface area contributed by atoms with E-state index >= 15 is 0 Å². The van der Waals surface area contributed by atoms with Crippen molar-refractivity contribution in [1.29, 1.82) is 0 Å². The summed E-state index contributed by atoms with van der Waals surface area (Å²) >= 11 is 0. The zero-order chi connectivity index (χ0) is 18.3. The molecule has 132 valence electrons. The number of rotatable bonds is 2. The van der Waals surface area contributed by atoms with Crippen LogP contribution in [0.4, 0.5) is 22.7 Å². The van der Waals surface area contributed by atoms with Gasteiger partial charge in [0.25, 0.3) is 0 Å². The summed E-state index contributed by atoms with van der Waals surface area (Å²) in [7, 11) is 0. The van der Waals surface area contributed by atoms with Crippen molar-refractivity contribution in [3.63, 3.8) is 0 Å². The van der Waals surface area contributed by atoms with Crippen LogP contribution in [0.5, 0.6) is 0 Å². The second-order valence-electron chi connectivity index (χ2n) is 8.07. The van der Waals surface area contributed by atoms with Crippen molar-refractivity contribution >= 4 is 22.7 Å². The maximum atomic E-state index is 2.41. The quantitative estimate of drug-likeness (QED) is 0.522. The summed E-state index contributed by atoms with van der Waals surface area (Å²) < 4.78 is 0. The van der Waals surface area contributed by atoms with Gasteiger partial charge in [0.05, 0.1) is 11.4 Å². The molecule has 26 heavy (non-hydrogen) atoms. The molecule has 2 nitrogen and oxygen atoms in total. The molecule has 0 bridgehead atoms. The van der Waals surface area contributed by atoms with Crippen molar-refractivity contribution < 1.29 is 0 Å². The fourth-order valence-electron chi connectivity index (χ4n) is 3.65. The van der Waals surface area contributed by atoms with Crippen LogP contribution in [-0.2, 0) is 5.41 Å². The Morgan fingerprint density at radius 2 is 1.19 bits per heavy atom. The van der Waals surface area contributed by atoms with Crippen molar-refractivity contribution in [3.8, 4) is 0 Å². The first-order chi connectivity index (χ1) is 12.4. The highest BCUT2D eigenvalue weighted by Crippen LogP contribution is 2.44. The number of para-hydroxylation sites is 3. The molecule has 1 heterocycles. The third-order valence-electron chi connectivity index (χ3n) is 5.20. The zero-order valence-corrected chi connectivity index (χ0v) is 16.0. The first-order valence-electron chi connectivity index (χ1n) is 9.25. The van der Waals surface area contributed by atoms with Crippen LogP contribution in [0, 0.1) is 6.92 Å². The van der Waals surface area contributed by atoms with Gasteiger partial charge in [-0.3, -0.25) is 0 Å². The second-order valence-corrected chi connectivity index (χ2v) is 8.07. The molecule has 4 rings (SSSR count). The highest BCUT2D eigenvalue weighted by molar-refractivity contribution is 5.87. The standard InChI is InChI=1S/C24H26N2/c1-18-9-5-6-10-21(18)26-17-25(22-11-7-8-12-23(22)26)20-15-13-19(14-16-20)24(2,3)4/h5-16H,17H2,1-4H3. The van der Waals surface area contributed by atoms with Crippen molar-refractivity contribution in [2.45, 2.75) is 33.1 Å². The van der Waals surface area contributed by atoms with Gasteiger partial charge in [-0.2, -0.15) is 0 Å².